The van der Waals surface area contributed by atoms with E-state index in [0.717, 1.165) is 29.8 Å². The molecule has 1 unspecified atom stereocenters. The zero-order chi connectivity index (χ0) is 14.8. The summed E-state index contributed by atoms with van der Waals surface area (Å²) in [6.45, 7) is 2.66. The number of amides is 1. The van der Waals surface area contributed by atoms with E-state index in [1.165, 1.54) is 0 Å². The van der Waals surface area contributed by atoms with Gasteiger partial charge in [-0.25, -0.2) is 4.98 Å². The Bertz CT molecular complexity index is 687. The number of hydrogen-bond donors (Lipinski definition) is 2. The molecule has 2 heterocycles. The van der Waals surface area contributed by atoms with E-state index in [9.17, 15) is 4.79 Å². The summed E-state index contributed by atoms with van der Waals surface area (Å²) in [6.07, 6.45) is 2.36. The van der Waals surface area contributed by atoms with Crippen LogP contribution in [0.2, 0.25) is 5.15 Å². The molecule has 0 bridgehead atoms. The number of aromatic nitrogens is 1. The Kier molecular flexibility index (Phi) is 3.80. The Labute approximate surface area is 128 Å². The third-order valence-corrected chi connectivity index (χ3v) is 4.08. The van der Waals surface area contributed by atoms with Gasteiger partial charge in [-0.15, -0.1) is 0 Å². The first kappa shape index (κ1) is 13.9. The van der Waals surface area contributed by atoms with Gasteiger partial charge in [0, 0.05) is 12.2 Å². The molecular weight excluding hydrogens is 286 g/mol. The molecule has 3 rings (SSSR count). The predicted octanol–water partition coefficient (Wildman–Crippen LogP) is 3.58. The van der Waals surface area contributed by atoms with Crippen LogP contribution in [0, 0.1) is 6.92 Å². The molecule has 5 heteroatoms. The Morgan fingerprint density at radius 3 is 3.05 bits per heavy atom. The normalized spacial score (nSPS) is 16.8. The topological polar surface area (TPSA) is 54.0 Å². The average molecular weight is 302 g/mol. The first-order valence-electron chi connectivity index (χ1n) is 6.91. The Morgan fingerprint density at radius 1 is 1.43 bits per heavy atom. The van der Waals surface area contributed by atoms with Crippen molar-refractivity contribution in [1.82, 2.24) is 4.98 Å². The fourth-order valence-corrected chi connectivity index (χ4v) is 2.70. The molecule has 0 fully saturated rings. The highest BCUT2D eigenvalue weighted by atomic mass is 35.5. The molecule has 0 radical (unpaired) electrons. The lowest BCUT2D eigenvalue weighted by Crippen LogP contribution is -2.27. The summed E-state index contributed by atoms with van der Waals surface area (Å²) in [5.41, 5.74) is 3.60. The molecule has 2 aromatic rings. The van der Waals surface area contributed by atoms with Gasteiger partial charge in [0.2, 0.25) is 5.91 Å². The number of nitrogens with one attached hydrogen (secondary N) is 2. The fraction of sp³-hybridized carbons (Fsp3) is 0.250. The summed E-state index contributed by atoms with van der Waals surface area (Å²) in [5.74, 6) is -0.147. The minimum Gasteiger partial charge on any atom is -0.385 e. The number of aryl methyl sites for hydroxylation is 1. The minimum absolute atomic E-state index is 0.00697. The molecule has 2 N–H and O–H groups in total. The van der Waals surface area contributed by atoms with E-state index in [1.807, 2.05) is 37.3 Å². The van der Waals surface area contributed by atoms with Crippen LogP contribution in [0.5, 0.6) is 0 Å². The van der Waals surface area contributed by atoms with Gasteiger partial charge in [-0.3, -0.25) is 4.79 Å². The number of halogens is 1. The molecule has 1 aliphatic heterocycles. The van der Waals surface area contributed by atoms with Crippen molar-refractivity contribution in [3.63, 3.8) is 0 Å². The van der Waals surface area contributed by atoms with Crippen molar-refractivity contribution >= 4 is 28.9 Å². The van der Waals surface area contributed by atoms with Crippen molar-refractivity contribution in [2.45, 2.75) is 19.3 Å². The number of hydrogen-bond acceptors (Lipinski definition) is 3. The van der Waals surface area contributed by atoms with Gasteiger partial charge in [0.25, 0.3) is 0 Å². The number of para-hydroxylation sites is 1. The lowest BCUT2D eigenvalue weighted by Gasteiger charge is -2.25. The van der Waals surface area contributed by atoms with Crippen molar-refractivity contribution < 1.29 is 4.79 Å². The Morgan fingerprint density at radius 2 is 2.24 bits per heavy atom. The van der Waals surface area contributed by atoms with Crippen molar-refractivity contribution in [1.29, 1.82) is 0 Å². The van der Waals surface area contributed by atoms with Gasteiger partial charge in [-0.2, -0.15) is 0 Å². The van der Waals surface area contributed by atoms with Crippen molar-refractivity contribution in [3.8, 4) is 0 Å². The van der Waals surface area contributed by atoms with Crippen molar-refractivity contribution in [2.75, 3.05) is 17.2 Å². The van der Waals surface area contributed by atoms with Crippen LogP contribution in [0.25, 0.3) is 0 Å². The van der Waals surface area contributed by atoms with Crippen LogP contribution in [0.3, 0.4) is 0 Å². The molecule has 1 aromatic heterocycles. The van der Waals surface area contributed by atoms with Crippen LogP contribution in [0.4, 0.5) is 11.4 Å². The van der Waals surface area contributed by atoms with E-state index in [-0.39, 0.29) is 11.8 Å². The van der Waals surface area contributed by atoms with Gasteiger partial charge in [-0.05, 0) is 36.6 Å². The molecule has 1 atom stereocenters. The summed E-state index contributed by atoms with van der Waals surface area (Å²) in [6, 6.07) is 9.76. The molecule has 21 heavy (non-hydrogen) atoms. The van der Waals surface area contributed by atoms with Crippen LogP contribution in [0.15, 0.2) is 36.5 Å². The predicted molar refractivity (Wildman–Crippen MR) is 84.9 cm³/mol. The second-order valence-electron chi connectivity index (χ2n) is 5.18. The van der Waals surface area contributed by atoms with Gasteiger partial charge >= 0.3 is 0 Å². The van der Waals surface area contributed by atoms with Gasteiger partial charge in [0.05, 0.1) is 17.8 Å². The molecular formula is C16H16ClN3O. The standard InChI is InChI=1S/C16H16ClN3O/c1-10-8-11(9-19-15(10)17)20-16(21)13-6-7-18-14-5-3-2-4-12(13)14/h2-5,8-9,13,18H,6-7H2,1H3,(H,20,21). The van der Waals surface area contributed by atoms with Gasteiger partial charge in [0.1, 0.15) is 5.15 Å². The molecule has 108 valence electrons. The number of carbonyl (C=O) groups is 1. The summed E-state index contributed by atoms with van der Waals surface area (Å²) in [5, 5.41) is 6.71. The number of fused-ring (bicyclic) bond motifs is 1. The second kappa shape index (κ2) is 5.74. The Hall–Kier alpha value is -2.07. The number of anilines is 2. The van der Waals surface area contributed by atoms with Gasteiger partial charge in [-0.1, -0.05) is 29.8 Å². The van der Waals surface area contributed by atoms with E-state index in [0.29, 0.717) is 10.8 Å². The van der Waals surface area contributed by atoms with Crippen LogP contribution < -0.4 is 10.6 Å². The molecule has 1 amide bonds. The van der Waals surface area contributed by atoms with Crippen LogP contribution >= 0.6 is 11.6 Å². The monoisotopic (exact) mass is 301 g/mol. The largest absolute Gasteiger partial charge is 0.385 e. The lowest BCUT2D eigenvalue weighted by atomic mass is 9.90. The summed E-state index contributed by atoms with van der Waals surface area (Å²) in [4.78, 5) is 16.6. The van der Waals surface area contributed by atoms with Crippen LogP contribution in [-0.2, 0) is 4.79 Å². The number of nitrogens with zero attached hydrogens (tertiary/aromatic N) is 1. The summed E-state index contributed by atoms with van der Waals surface area (Å²) < 4.78 is 0. The zero-order valence-corrected chi connectivity index (χ0v) is 12.4. The van der Waals surface area contributed by atoms with Crippen molar-refractivity contribution in [2.24, 2.45) is 0 Å². The highest BCUT2D eigenvalue weighted by molar-refractivity contribution is 6.30. The van der Waals surface area contributed by atoms with E-state index < -0.39 is 0 Å². The van der Waals surface area contributed by atoms with Gasteiger partial charge in [0.15, 0.2) is 0 Å². The molecule has 1 aromatic carbocycles. The number of rotatable bonds is 2. The van der Waals surface area contributed by atoms with E-state index in [2.05, 4.69) is 15.6 Å². The summed E-state index contributed by atoms with van der Waals surface area (Å²) >= 11 is 5.90. The second-order valence-corrected chi connectivity index (χ2v) is 5.53. The molecule has 0 saturated heterocycles. The third kappa shape index (κ3) is 2.85. The minimum atomic E-state index is -0.140. The number of benzene rings is 1. The Balaban J connectivity index is 1.81. The van der Waals surface area contributed by atoms with E-state index >= 15 is 0 Å². The third-order valence-electron chi connectivity index (χ3n) is 3.68. The number of pyridine rings is 1. The molecule has 1 aliphatic rings. The highest BCUT2D eigenvalue weighted by Gasteiger charge is 2.26. The van der Waals surface area contributed by atoms with Crippen molar-refractivity contribution in [3.05, 3.63) is 52.8 Å². The first-order chi connectivity index (χ1) is 10.1. The molecule has 4 nitrogen and oxygen atoms in total. The number of carbonyl (C=O) groups excluding carboxylic acids is 1. The maximum Gasteiger partial charge on any atom is 0.232 e. The highest BCUT2D eigenvalue weighted by Crippen LogP contribution is 2.32. The SMILES string of the molecule is Cc1cc(NC(=O)C2CCNc3ccccc32)cnc1Cl. The van der Waals surface area contributed by atoms with Gasteiger partial charge < -0.3 is 10.6 Å². The summed E-state index contributed by atoms with van der Waals surface area (Å²) in [7, 11) is 0. The average Bonchev–Trinajstić information content (AvgIpc) is 2.50. The first-order valence-corrected chi connectivity index (χ1v) is 7.29. The molecule has 0 aliphatic carbocycles. The lowest BCUT2D eigenvalue weighted by molar-refractivity contribution is -0.117. The van der Waals surface area contributed by atoms with Crippen LogP contribution in [-0.4, -0.2) is 17.4 Å². The molecule has 0 saturated carbocycles. The fourth-order valence-electron chi connectivity index (χ4n) is 2.60. The van der Waals surface area contributed by atoms with E-state index in [4.69, 9.17) is 11.6 Å². The maximum absolute atomic E-state index is 12.5. The van der Waals surface area contributed by atoms with E-state index in [1.54, 1.807) is 6.20 Å². The van der Waals surface area contributed by atoms with Crippen LogP contribution in [0.1, 0.15) is 23.5 Å². The zero-order valence-electron chi connectivity index (χ0n) is 11.7. The maximum atomic E-state index is 12.5. The molecule has 0 spiro atoms. The smallest absolute Gasteiger partial charge is 0.232 e. The quantitative estimate of drug-likeness (QED) is 0.834.